The molecule has 2 aromatic rings. The minimum Gasteiger partial charge on any atom is -0.362 e. The third kappa shape index (κ3) is 2.12. The number of hydrazine groups is 1. The fourth-order valence-corrected chi connectivity index (χ4v) is 2.94. The standard InChI is InChI=1S/C15H13Cl2N3O/c1-9-19-14-7-6-10(16)8-12(14)15(21,20(9)18)11-4-2-3-5-13(11)17/h2-8,21H,18H2,1H3/t15-/m0/s1. The van der Waals surface area contributed by atoms with Crippen LogP contribution in [-0.2, 0) is 5.72 Å². The maximum Gasteiger partial charge on any atom is 0.209 e. The van der Waals surface area contributed by atoms with Crippen LogP contribution in [0.25, 0.3) is 0 Å². The van der Waals surface area contributed by atoms with Gasteiger partial charge >= 0.3 is 0 Å². The molecule has 3 rings (SSSR count). The summed E-state index contributed by atoms with van der Waals surface area (Å²) in [6.07, 6.45) is 0. The van der Waals surface area contributed by atoms with Crippen molar-refractivity contribution < 1.29 is 5.11 Å². The van der Waals surface area contributed by atoms with Gasteiger partial charge in [0.25, 0.3) is 0 Å². The zero-order valence-corrected chi connectivity index (χ0v) is 12.7. The molecule has 0 saturated heterocycles. The summed E-state index contributed by atoms with van der Waals surface area (Å²) in [5.74, 6) is 6.55. The molecule has 0 fully saturated rings. The van der Waals surface area contributed by atoms with Crippen molar-refractivity contribution in [3.05, 3.63) is 63.6 Å². The lowest BCUT2D eigenvalue weighted by Gasteiger charge is -2.41. The van der Waals surface area contributed by atoms with Crippen LogP contribution in [0.2, 0.25) is 10.0 Å². The highest BCUT2D eigenvalue weighted by atomic mass is 35.5. The number of aliphatic hydroxyl groups is 1. The molecule has 1 aliphatic heterocycles. The first-order chi connectivity index (χ1) is 9.94. The van der Waals surface area contributed by atoms with E-state index in [-0.39, 0.29) is 0 Å². The Morgan fingerprint density at radius 2 is 1.86 bits per heavy atom. The summed E-state index contributed by atoms with van der Waals surface area (Å²) in [6.45, 7) is 1.72. The van der Waals surface area contributed by atoms with E-state index in [1.165, 1.54) is 5.01 Å². The quantitative estimate of drug-likeness (QED) is 0.791. The summed E-state index contributed by atoms with van der Waals surface area (Å²) in [7, 11) is 0. The fourth-order valence-electron chi connectivity index (χ4n) is 2.50. The van der Waals surface area contributed by atoms with Gasteiger partial charge in [-0.25, -0.2) is 10.8 Å². The van der Waals surface area contributed by atoms with Crippen molar-refractivity contribution in [3.8, 4) is 0 Å². The van der Waals surface area contributed by atoms with Gasteiger partial charge in [0.05, 0.1) is 5.69 Å². The smallest absolute Gasteiger partial charge is 0.209 e. The van der Waals surface area contributed by atoms with Crippen LogP contribution in [0, 0.1) is 0 Å². The molecule has 0 unspecified atom stereocenters. The van der Waals surface area contributed by atoms with E-state index in [1.807, 2.05) is 0 Å². The number of rotatable bonds is 1. The molecule has 0 spiro atoms. The van der Waals surface area contributed by atoms with Gasteiger partial charge in [-0.1, -0.05) is 41.4 Å². The number of nitrogens with two attached hydrogens (primary N) is 1. The predicted molar refractivity (Wildman–Crippen MR) is 84.7 cm³/mol. The summed E-state index contributed by atoms with van der Waals surface area (Å²) >= 11 is 12.3. The van der Waals surface area contributed by atoms with E-state index in [0.29, 0.717) is 32.7 Å². The van der Waals surface area contributed by atoms with E-state index < -0.39 is 5.72 Å². The molecule has 0 saturated carbocycles. The zero-order valence-electron chi connectivity index (χ0n) is 11.2. The maximum absolute atomic E-state index is 11.3. The SMILES string of the molecule is CC1=Nc2ccc(Cl)cc2[C@@](O)(c2ccccc2Cl)N1N. The van der Waals surface area contributed by atoms with Crippen LogP contribution in [0.5, 0.6) is 0 Å². The zero-order chi connectivity index (χ0) is 15.2. The highest BCUT2D eigenvalue weighted by Crippen LogP contribution is 2.43. The van der Waals surface area contributed by atoms with Crippen LogP contribution in [0.1, 0.15) is 18.1 Å². The lowest BCUT2D eigenvalue weighted by molar-refractivity contribution is -0.0410. The Morgan fingerprint density at radius 3 is 2.57 bits per heavy atom. The molecular formula is C15H13Cl2N3O. The van der Waals surface area contributed by atoms with Crippen LogP contribution >= 0.6 is 23.2 Å². The average molecular weight is 322 g/mol. The van der Waals surface area contributed by atoms with Gasteiger partial charge in [-0.3, -0.25) is 5.01 Å². The summed E-state index contributed by atoms with van der Waals surface area (Å²) in [4.78, 5) is 4.37. The van der Waals surface area contributed by atoms with Crippen LogP contribution < -0.4 is 5.84 Å². The molecule has 6 heteroatoms. The molecule has 1 aliphatic rings. The van der Waals surface area contributed by atoms with Gasteiger partial charge in [0.1, 0.15) is 5.84 Å². The highest BCUT2D eigenvalue weighted by molar-refractivity contribution is 6.31. The van der Waals surface area contributed by atoms with Crippen molar-refractivity contribution in [1.29, 1.82) is 0 Å². The van der Waals surface area contributed by atoms with Gasteiger partial charge in [0.2, 0.25) is 5.72 Å². The minimum atomic E-state index is -1.62. The molecule has 1 atom stereocenters. The summed E-state index contributed by atoms with van der Waals surface area (Å²) in [5, 5.41) is 13.4. The molecule has 0 amide bonds. The molecule has 2 aromatic carbocycles. The van der Waals surface area contributed by atoms with Gasteiger partial charge in [-0.2, -0.15) is 0 Å². The van der Waals surface area contributed by atoms with Crippen LogP contribution in [0.3, 0.4) is 0 Å². The first-order valence-electron chi connectivity index (χ1n) is 6.32. The second-order valence-corrected chi connectivity index (χ2v) is 5.69. The second kappa shape index (κ2) is 5.00. The van der Waals surface area contributed by atoms with Crippen molar-refractivity contribution in [3.63, 3.8) is 0 Å². The van der Waals surface area contributed by atoms with Crippen molar-refractivity contribution in [1.82, 2.24) is 5.01 Å². The fraction of sp³-hybridized carbons (Fsp3) is 0.133. The number of nitrogens with zero attached hydrogens (tertiary/aromatic N) is 2. The molecular weight excluding hydrogens is 309 g/mol. The van der Waals surface area contributed by atoms with Gasteiger partial charge in [0.15, 0.2) is 0 Å². The van der Waals surface area contributed by atoms with Gasteiger partial charge in [-0.05, 0) is 31.2 Å². The van der Waals surface area contributed by atoms with Gasteiger partial charge in [0, 0.05) is 21.2 Å². The number of hydrogen-bond acceptors (Lipinski definition) is 4. The molecule has 4 nitrogen and oxygen atoms in total. The van der Waals surface area contributed by atoms with E-state index in [2.05, 4.69) is 4.99 Å². The molecule has 108 valence electrons. The average Bonchev–Trinajstić information content (AvgIpc) is 2.46. The second-order valence-electron chi connectivity index (χ2n) is 4.84. The molecule has 0 aliphatic carbocycles. The minimum absolute atomic E-state index is 0.413. The number of fused-ring (bicyclic) bond motifs is 1. The molecule has 21 heavy (non-hydrogen) atoms. The Kier molecular flexibility index (Phi) is 3.42. The normalized spacial score (nSPS) is 21.0. The highest BCUT2D eigenvalue weighted by Gasteiger charge is 2.43. The van der Waals surface area contributed by atoms with E-state index in [9.17, 15) is 5.11 Å². The Bertz CT molecular complexity index is 747. The third-order valence-corrected chi connectivity index (χ3v) is 4.13. The van der Waals surface area contributed by atoms with Gasteiger partial charge < -0.3 is 5.11 Å². The van der Waals surface area contributed by atoms with E-state index in [4.69, 9.17) is 29.0 Å². The Hall–Kier alpha value is -1.59. The van der Waals surface area contributed by atoms with Crippen LogP contribution in [-0.4, -0.2) is 16.0 Å². The topological polar surface area (TPSA) is 61.9 Å². The Morgan fingerprint density at radius 1 is 1.14 bits per heavy atom. The lowest BCUT2D eigenvalue weighted by Crippen LogP contribution is -2.55. The first-order valence-corrected chi connectivity index (χ1v) is 7.08. The Balaban J connectivity index is 2.34. The number of amidine groups is 1. The van der Waals surface area contributed by atoms with Crippen molar-refractivity contribution in [2.45, 2.75) is 12.6 Å². The summed E-state index contributed by atoms with van der Waals surface area (Å²) in [6, 6.07) is 12.1. The number of benzene rings is 2. The maximum atomic E-state index is 11.3. The van der Waals surface area contributed by atoms with Crippen molar-refractivity contribution >= 4 is 34.7 Å². The summed E-state index contributed by atoms with van der Waals surface area (Å²) in [5.41, 5.74) is -0.0334. The third-order valence-electron chi connectivity index (χ3n) is 3.56. The first kappa shape index (κ1) is 14.4. The summed E-state index contributed by atoms with van der Waals surface area (Å²) < 4.78 is 0. The molecule has 0 bridgehead atoms. The van der Waals surface area contributed by atoms with Crippen LogP contribution in [0.4, 0.5) is 5.69 Å². The molecule has 0 radical (unpaired) electrons. The Labute approximate surface area is 132 Å². The largest absolute Gasteiger partial charge is 0.362 e. The van der Waals surface area contributed by atoms with E-state index in [0.717, 1.165) is 0 Å². The number of halogens is 2. The van der Waals surface area contributed by atoms with Crippen molar-refractivity contribution in [2.75, 3.05) is 0 Å². The predicted octanol–water partition coefficient (Wildman–Crippen LogP) is 3.43. The molecule has 1 heterocycles. The van der Waals surface area contributed by atoms with Crippen molar-refractivity contribution in [2.24, 2.45) is 10.8 Å². The van der Waals surface area contributed by atoms with Gasteiger partial charge in [-0.15, -0.1) is 0 Å². The molecule has 3 N–H and O–H groups in total. The van der Waals surface area contributed by atoms with Crippen LogP contribution in [0.15, 0.2) is 47.5 Å². The van der Waals surface area contributed by atoms with E-state index >= 15 is 0 Å². The lowest BCUT2D eigenvalue weighted by atomic mass is 9.91. The number of aliphatic imine (C=N–C) groups is 1. The monoisotopic (exact) mass is 321 g/mol. The van der Waals surface area contributed by atoms with E-state index in [1.54, 1.807) is 49.4 Å². The number of hydrogen-bond donors (Lipinski definition) is 2. The molecule has 0 aromatic heterocycles.